The second-order valence-electron chi connectivity index (χ2n) is 5.89. The van der Waals surface area contributed by atoms with Gasteiger partial charge in [-0.3, -0.25) is 0 Å². The normalized spacial score (nSPS) is 12.9. The Bertz CT molecular complexity index is 960. The van der Waals surface area contributed by atoms with Gasteiger partial charge in [0, 0.05) is 18.5 Å². The number of methoxy groups -OCH3 is 1. The molecule has 2 aromatic carbocycles. The van der Waals surface area contributed by atoms with E-state index in [1.807, 2.05) is 12.1 Å². The minimum absolute atomic E-state index is 0.0860. The Morgan fingerprint density at radius 3 is 2.73 bits per heavy atom. The number of benzene rings is 2. The molecule has 9 heteroatoms. The molecule has 2 amide bonds. The van der Waals surface area contributed by atoms with E-state index >= 15 is 0 Å². The van der Waals surface area contributed by atoms with E-state index in [0.717, 1.165) is 30.5 Å². The van der Waals surface area contributed by atoms with Crippen molar-refractivity contribution in [3.05, 3.63) is 42.0 Å². The van der Waals surface area contributed by atoms with Crippen LogP contribution in [0.1, 0.15) is 5.56 Å². The number of hydrogen-bond acceptors (Lipinski definition) is 6. The molecular formula is C17H19N3O4S2. The first-order valence-corrected chi connectivity index (χ1v) is 10.1. The van der Waals surface area contributed by atoms with E-state index in [1.54, 1.807) is 6.07 Å². The molecule has 3 rings (SSSR count). The zero-order chi connectivity index (χ0) is 18.9. The molecule has 0 atom stereocenters. The molecule has 2 N–H and O–H groups in total. The highest BCUT2D eigenvalue weighted by Crippen LogP contribution is 2.31. The molecule has 0 fully saturated rings. The summed E-state index contributed by atoms with van der Waals surface area (Å²) in [5, 5.41) is 5.90. The average molecular weight is 393 g/mol. The topological polar surface area (TPSA) is 87.7 Å². The first-order valence-electron chi connectivity index (χ1n) is 7.84. The standard InChI is InChI=1S/C17H19N3O4S2/c1-24-16-6-4-13(26(2,22)23)10-15(16)19-17(21)20(25)12-3-5-14-11(9-12)7-8-18-14/h3-6,9-10,18,25H,7-8H2,1-2H3,(H,19,21). The van der Waals surface area contributed by atoms with Crippen molar-refractivity contribution >= 4 is 45.7 Å². The number of nitrogens with zero attached hydrogens (tertiary/aromatic N) is 1. The molecule has 0 bridgehead atoms. The van der Waals surface area contributed by atoms with Crippen molar-refractivity contribution in [1.29, 1.82) is 0 Å². The Hall–Kier alpha value is -2.39. The molecule has 0 radical (unpaired) electrons. The minimum Gasteiger partial charge on any atom is -0.495 e. The number of rotatable bonds is 4. The van der Waals surface area contributed by atoms with Crippen molar-refractivity contribution in [2.45, 2.75) is 11.3 Å². The van der Waals surface area contributed by atoms with Gasteiger partial charge in [-0.25, -0.2) is 17.5 Å². The van der Waals surface area contributed by atoms with Gasteiger partial charge in [0.1, 0.15) is 5.75 Å². The molecule has 0 saturated heterocycles. The number of thiol groups is 1. The summed E-state index contributed by atoms with van der Waals surface area (Å²) in [6.45, 7) is 0.868. The highest BCUT2D eigenvalue weighted by Gasteiger charge is 2.19. The quantitative estimate of drug-likeness (QED) is 0.695. The van der Waals surface area contributed by atoms with E-state index in [4.69, 9.17) is 4.74 Å². The average Bonchev–Trinajstić information content (AvgIpc) is 3.07. The van der Waals surface area contributed by atoms with Gasteiger partial charge in [-0.05, 0) is 48.4 Å². The van der Waals surface area contributed by atoms with E-state index in [9.17, 15) is 13.2 Å². The summed E-state index contributed by atoms with van der Waals surface area (Å²) in [5.41, 5.74) is 3.04. The van der Waals surface area contributed by atoms with Crippen LogP contribution in [0.4, 0.5) is 21.9 Å². The van der Waals surface area contributed by atoms with Gasteiger partial charge in [0.2, 0.25) is 0 Å². The Morgan fingerprint density at radius 2 is 2.04 bits per heavy atom. The lowest BCUT2D eigenvalue weighted by atomic mass is 10.1. The number of fused-ring (bicyclic) bond motifs is 1. The summed E-state index contributed by atoms with van der Waals surface area (Å²) in [6, 6.07) is 9.34. The van der Waals surface area contributed by atoms with Crippen LogP contribution >= 0.6 is 12.8 Å². The van der Waals surface area contributed by atoms with Gasteiger partial charge in [-0.1, -0.05) is 12.8 Å². The maximum absolute atomic E-state index is 12.6. The summed E-state index contributed by atoms with van der Waals surface area (Å²) in [7, 11) is -1.97. The van der Waals surface area contributed by atoms with Gasteiger partial charge in [0.25, 0.3) is 0 Å². The molecular weight excluding hydrogens is 374 g/mol. The predicted octanol–water partition coefficient (Wildman–Crippen LogP) is 2.95. The summed E-state index contributed by atoms with van der Waals surface area (Å²) in [5.74, 6) is 0.352. The predicted molar refractivity (Wildman–Crippen MR) is 105 cm³/mol. The SMILES string of the molecule is COc1ccc(S(C)(=O)=O)cc1NC(=O)N(S)c1ccc2c(c1)CCN2. The Kier molecular flexibility index (Phi) is 5.01. The zero-order valence-corrected chi connectivity index (χ0v) is 16.0. The summed E-state index contributed by atoms with van der Waals surface area (Å²) in [4.78, 5) is 12.6. The molecule has 26 heavy (non-hydrogen) atoms. The fourth-order valence-corrected chi connectivity index (χ4v) is 3.55. The fourth-order valence-electron chi connectivity index (χ4n) is 2.72. The van der Waals surface area contributed by atoms with E-state index < -0.39 is 15.9 Å². The van der Waals surface area contributed by atoms with E-state index in [-0.39, 0.29) is 10.6 Å². The van der Waals surface area contributed by atoms with Gasteiger partial charge in [0.15, 0.2) is 9.84 Å². The lowest BCUT2D eigenvalue weighted by Crippen LogP contribution is -2.27. The maximum Gasteiger partial charge on any atom is 0.336 e. The smallest absolute Gasteiger partial charge is 0.336 e. The second-order valence-corrected chi connectivity index (χ2v) is 8.31. The van der Waals surface area contributed by atoms with Gasteiger partial charge in [-0.15, -0.1) is 0 Å². The third-order valence-electron chi connectivity index (χ3n) is 4.08. The van der Waals surface area contributed by atoms with Gasteiger partial charge in [-0.2, -0.15) is 0 Å². The van der Waals surface area contributed by atoms with Crippen LogP contribution in [0.5, 0.6) is 5.75 Å². The molecule has 0 unspecified atom stereocenters. The van der Waals surface area contributed by atoms with Crippen molar-refractivity contribution in [2.24, 2.45) is 0 Å². The number of sulfone groups is 1. The number of amides is 2. The van der Waals surface area contributed by atoms with E-state index in [0.29, 0.717) is 11.4 Å². The third-order valence-corrected chi connectivity index (χ3v) is 5.60. The first kappa shape index (κ1) is 18.4. The van der Waals surface area contributed by atoms with Crippen molar-refractivity contribution < 1.29 is 17.9 Å². The third kappa shape index (κ3) is 3.73. The lowest BCUT2D eigenvalue weighted by Gasteiger charge is -2.19. The molecule has 1 heterocycles. The number of carbonyl (C=O) groups excluding carboxylic acids is 1. The molecule has 0 spiro atoms. The Labute approximate surface area is 157 Å². The van der Waals surface area contributed by atoms with Crippen molar-refractivity contribution in [2.75, 3.05) is 34.8 Å². The summed E-state index contributed by atoms with van der Waals surface area (Å²) in [6.07, 6.45) is 1.99. The molecule has 1 aliphatic rings. The van der Waals surface area contributed by atoms with Crippen LogP contribution in [0.3, 0.4) is 0 Å². The monoisotopic (exact) mass is 393 g/mol. The molecule has 0 aliphatic carbocycles. The van der Waals surface area contributed by atoms with Gasteiger partial charge >= 0.3 is 6.03 Å². The van der Waals surface area contributed by atoms with Crippen molar-refractivity contribution in [1.82, 2.24) is 0 Å². The zero-order valence-electron chi connectivity index (χ0n) is 14.3. The number of ether oxygens (including phenoxy) is 1. The van der Waals surface area contributed by atoms with Crippen LogP contribution in [-0.4, -0.2) is 34.4 Å². The highest BCUT2D eigenvalue weighted by molar-refractivity contribution is 7.90. The lowest BCUT2D eigenvalue weighted by molar-refractivity contribution is 0.260. The molecule has 7 nitrogen and oxygen atoms in total. The van der Waals surface area contributed by atoms with Crippen LogP contribution in [0.25, 0.3) is 0 Å². The van der Waals surface area contributed by atoms with E-state index in [2.05, 4.69) is 23.4 Å². The molecule has 0 aromatic heterocycles. The first-order chi connectivity index (χ1) is 12.3. The van der Waals surface area contributed by atoms with Crippen LogP contribution in [0.15, 0.2) is 41.3 Å². The Morgan fingerprint density at radius 1 is 1.27 bits per heavy atom. The number of hydrogen-bond donors (Lipinski definition) is 3. The van der Waals surface area contributed by atoms with Crippen LogP contribution in [0.2, 0.25) is 0 Å². The van der Waals surface area contributed by atoms with Crippen molar-refractivity contribution in [3.8, 4) is 5.75 Å². The fraction of sp³-hybridized carbons (Fsp3) is 0.235. The minimum atomic E-state index is -3.41. The Balaban J connectivity index is 1.85. The van der Waals surface area contributed by atoms with Gasteiger partial charge < -0.3 is 15.4 Å². The van der Waals surface area contributed by atoms with Crippen LogP contribution in [0, 0.1) is 0 Å². The molecule has 0 saturated carbocycles. The molecule has 1 aliphatic heterocycles. The number of carbonyl (C=O) groups is 1. The number of urea groups is 1. The largest absolute Gasteiger partial charge is 0.495 e. The number of nitrogens with one attached hydrogen (secondary N) is 2. The second kappa shape index (κ2) is 7.08. The summed E-state index contributed by atoms with van der Waals surface area (Å²) >= 11 is 4.27. The van der Waals surface area contributed by atoms with Crippen LogP contribution < -0.4 is 19.7 Å². The summed E-state index contributed by atoms with van der Waals surface area (Å²) < 4.78 is 29.9. The molecule has 138 valence electrons. The molecule has 2 aromatic rings. The van der Waals surface area contributed by atoms with Crippen molar-refractivity contribution in [3.63, 3.8) is 0 Å². The van der Waals surface area contributed by atoms with Crippen LogP contribution in [-0.2, 0) is 16.3 Å². The highest BCUT2D eigenvalue weighted by atomic mass is 32.2. The maximum atomic E-state index is 12.6. The van der Waals surface area contributed by atoms with E-state index in [1.165, 1.54) is 29.6 Å². The van der Waals surface area contributed by atoms with Gasteiger partial charge in [0.05, 0.1) is 23.4 Å². The number of anilines is 3.